The van der Waals surface area contributed by atoms with E-state index in [9.17, 15) is 13.2 Å². The first-order chi connectivity index (χ1) is 12.5. The third kappa shape index (κ3) is 6.72. The van der Waals surface area contributed by atoms with E-state index in [1.165, 1.54) is 0 Å². The van der Waals surface area contributed by atoms with Crippen LogP contribution in [0.5, 0.6) is 11.5 Å². The van der Waals surface area contributed by atoms with Gasteiger partial charge in [-0.05, 0) is 36.2 Å². The maximum Gasteiger partial charge on any atom is 0.389 e. The molecule has 2 aromatic rings. The molecule has 0 bridgehead atoms. The van der Waals surface area contributed by atoms with E-state index in [1.807, 2.05) is 54.6 Å². The van der Waals surface area contributed by atoms with Gasteiger partial charge in [0, 0.05) is 38.6 Å². The summed E-state index contributed by atoms with van der Waals surface area (Å²) in [5.41, 5.74) is 0.900. The number of nitrogens with zero attached hydrogens (tertiary/aromatic N) is 1. The molecule has 2 aromatic carbocycles. The number of halogens is 4. The van der Waals surface area contributed by atoms with Crippen LogP contribution in [0.15, 0.2) is 54.6 Å². The number of ether oxygens (including phenoxy) is 1. The van der Waals surface area contributed by atoms with Crippen molar-refractivity contribution in [3.05, 3.63) is 60.2 Å². The number of alkyl halides is 3. The molecule has 0 spiro atoms. The van der Waals surface area contributed by atoms with Crippen LogP contribution in [0.1, 0.15) is 24.4 Å². The van der Waals surface area contributed by atoms with Crippen molar-refractivity contribution in [2.45, 2.75) is 25.1 Å². The van der Waals surface area contributed by atoms with Crippen LogP contribution in [0.25, 0.3) is 0 Å². The van der Waals surface area contributed by atoms with Crippen LogP contribution in [0.2, 0.25) is 0 Å². The summed E-state index contributed by atoms with van der Waals surface area (Å²) in [6, 6.07) is 16.6. The fraction of sp³-hybridized carbons (Fsp3) is 0.400. The van der Waals surface area contributed by atoms with Gasteiger partial charge < -0.3 is 10.1 Å². The number of hydrogen-bond donors (Lipinski definition) is 1. The Hall–Kier alpha value is -1.76. The van der Waals surface area contributed by atoms with Gasteiger partial charge in [-0.15, -0.1) is 12.4 Å². The Morgan fingerprint density at radius 3 is 2.11 bits per heavy atom. The molecule has 1 aliphatic rings. The summed E-state index contributed by atoms with van der Waals surface area (Å²) >= 11 is 0. The second-order valence-corrected chi connectivity index (χ2v) is 6.44. The lowest BCUT2D eigenvalue weighted by Crippen LogP contribution is -2.45. The highest BCUT2D eigenvalue weighted by Crippen LogP contribution is 2.33. The van der Waals surface area contributed by atoms with Crippen molar-refractivity contribution in [3.63, 3.8) is 0 Å². The molecule has 1 saturated heterocycles. The molecule has 0 aromatic heterocycles. The van der Waals surface area contributed by atoms with Crippen LogP contribution in [0, 0.1) is 0 Å². The number of piperazine rings is 1. The third-order valence-electron chi connectivity index (χ3n) is 4.54. The fourth-order valence-electron chi connectivity index (χ4n) is 3.24. The van der Waals surface area contributed by atoms with Crippen molar-refractivity contribution in [2.75, 3.05) is 26.2 Å². The van der Waals surface area contributed by atoms with Gasteiger partial charge in [0.15, 0.2) is 0 Å². The second-order valence-electron chi connectivity index (χ2n) is 6.44. The molecule has 0 unspecified atom stereocenters. The summed E-state index contributed by atoms with van der Waals surface area (Å²) in [4.78, 5) is 2.13. The van der Waals surface area contributed by atoms with Crippen molar-refractivity contribution < 1.29 is 17.9 Å². The summed E-state index contributed by atoms with van der Waals surface area (Å²) in [7, 11) is 0. The summed E-state index contributed by atoms with van der Waals surface area (Å²) in [5, 5.41) is 3.25. The Labute approximate surface area is 163 Å². The summed E-state index contributed by atoms with van der Waals surface area (Å²) in [6.07, 6.45) is -4.84. The van der Waals surface area contributed by atoms with E-state index in [-0.39, 0.29) is 24.9 Å². The number of nitrogens with one attached hydrogen (secondary N) is 1. The highest BCUT2D eigenvalue weighted by molar-refractivity contribution is 5.85. The first-order valence-electron chi connectivity index (χ1n) is 8.86. The van der Waals surface area contributed by atoms with Crippen molar-refractivity contribution in [1.29, 1.82) is 0 Å². The molecular weight excluding hydrogens is 377 g/mol. The monoisotopic (exact) mass is 400 g/mol. The minimum absolute atomic E-state index is 0. The van der Waals surface area contributed by atoms with Gasteiger partial charge in [0.1, 0.15) is 11.5 Å². The zero-order valence-corrected chi connectivity index (χ0v) is 15.7. The molecule has 0 aliphatic carbocycles. The fourth-order valence-corrected chi connectivity index (χ4v) is 3.24. The number of benzene rings is 2. The maximum atomic E-state index is 12.8. The van der Waals surface area contributed by atoms with Gasteiger partial charge >= 0.3 is 6.18 Å². The average Bonchev–Trinajstić information content (AvgIpc) is 2.64. The zero-order valence-electron chi connectivity index (χ0n) is 14.9. The Balaban J connectivity index is 0.00000261. The molecule has 3 nitrogen and oxygen atoms in total. The molecule has 7 heteroatoms. The van der Waals surface area contributed by atoms with Gasteiger partial charge in [-0.1, -0.05) is 30.3 Å². The van der Waals surface area contributed by atoms with E-state index in [0.717, 1.165) is 37.5 Å². The molecule has 1 aliphatic heterocycles. The smallest absolute Gasteiger partial charge is 0.389 e. The van der Waals surface area contributed by atoms with Gasteiger partial charge in [0.2, 0.25) is 0 Å². The molecule has 3 rings (SSSR count). The minimum atomic E-state index is -4.14. The van der Waals surface area contributed by atoms with E-state index in [4.69, 9.17) is 4.74 Å². The standard InChI is InChI=1S/C20H23F3N2O.ClH/c21-20(22,23)11-10-19(25-14-12-24-13-15-25)16-6-8-18(9-7-16)26-17-4-2-1-3-5-17;/h1-9,19,24H,10-15H2;1H/t19-;/m0./s1. The summed E-state index contributed by atoms with van der Waals surface area (Å²) < 4.78 is 44.0. The van der Waals surface area contributed by atoms with Crippen molar-refractivity contribution in [1.82, 2.24) is 10.2 Å². The lowest BCUT2D eigenvalue weighted by Gasteiger charge is -2.35. The molecule has 1 heterocycles. The lowest BCUT2D eigenvalue weighted by molar-refractivity contribution is -0.138. The average molecular weight is 401 g/mol. The molecule has 27 heavy (non-hydrogen) atoms. The molecular formula is C20H24ClF3N2O. The molecule has 148 valence electrons. The Kier molecular flexibility index (Phi) is 7.95. The van der Waals surface area contributed by atoms with E-state index < -0.39 is 12.6 Å². The molecule has 0 radical (unpaired) electrons. The summed E-state index contributed by atoms with van der Waals surface area (Å²) in [5.74, 6) is 1.41. The van der Waals surface area contributed by atoms with Crippen molar-refractivity contribution >= 4 is 12.4 Å². The van der Waals surface area contributed by atoms with Crippen LogP contribution in [0.4, 0.5) is 13.2 Å². The number of hydrogen-bond acceptors (Lipinski definition) is 3. The number of para-hydroxylation sites is 1. The van der Waals surface area contributed by atoms with Crippen LogP contribution in [0.3, 0.4) is 0 Å². The van der Waals surface area contributed by atoms with Crippen LogP contribution in [-0.2, 0) is 0 Å². The molecule has 0 saturated carbocycles. The quantitative estimate of drug-likeness (QED) is 0.722. The van der Waals surface area contributed by atoms with Gasteiger partial charge in [0.05, 0.1) is 0 Å². The molecule has 1 atom stereocenters. The first kappa shape index (κ1) is 21.5. The Bertz CT molecular complexity index is 674. The van der Waals surface area contributed by atoms with Gasteiger partial charge in [-0.25, -0.2) is 0 Å². The predicted molar refractivity (Wildman–Crippen MR) is 103 cm³/mol. The Morgan fingerprint density at radius 1 is 0.926 bits per heavy atom. The maximum absolute atomic E-state index is 12.8. The SMILES string of the molecule is Cl.FC(F)(F)CC[C@@H](c1ccc(Oc2ccccc2)cc1)N1CCNCC1. The minimum Gasteiger partial charge on any atom is -0.457 e. The van der Waals surface area contributed by atoms with Crippen LogP contribution < -0.4 is 10.1 Å². The van der Waals surface area contributed by atoms with Crippen LogP contribution >= 0.6 is 12.4 Å². The van der Waals surface area contributed by atoms with E-state index in [1.54, 1.807) is 0 Å². The highest BCUT2D eigenvalue weighted by atomic mass is 35.5. The largest absolute Gasteiger partial charge is 0.457 e. The second kappa shape index (κ2) is 9.97. The van der Waals surface area contributed by atoms with Gasteiger partial charge in [-0.2, -0.15) is 13.2 Å². The van der Waals surface area contributed by atoms with E-state index in [2.05, 4.69) is 10.2 Å². The Morgan fingerprint density at radius 2 is 1.52 bits per heavy atom. The molecule has 0 amide bonds. The normalized spacial score (nSPS) is 16.4. The van der Waals surface area contributed by atoms with E-state index in [0.29, 0.717) is 5.75 Å². The highest BCUT2D eigenvalue weighted by Gasteiger charge is 2.31. The summed E-state index contributed by atoms with van der Waals surface area (Å²) in [6.45, 7) is 3.12. The topological polar surface area (TPSA) is 24.5 Å². The number of rotatable bonds is 6. The predicted octanol–water partition coefficient (Wildman–Crippen LogP) is 5.19. The van der Waals surface area contributed by atoms with Crippen molar-refractivity contribution in [2.24, 2.45) is 0 Å². The van der Waals surface area contributed by atoms with Gasteiger partial charge in [-0.3, -0.25) is 4.90 Å². The molecule has 1 N–H and O–H groups in total. The lowest BCUT2D eigenvalue weighted by atomic mass is 9.99. The van der Waals surface area contributed by atoms with Crippen LogP contribution in [-0.4, -0.2) is 37.3 Å². The van der Waals surface area contributed by atoms with Crippen molar-refractivity contribution in [3.8, 4) is 11.5 Å². The first-order valence-corrected chi connectivity index (χ1v) is 8.86. The zero-order chi connectivity index (χ0) is 18.4. The van der Waals surface area contributed by atoms with E-state index >= 15 is 0 Å². The third-order valence-corrected chi connectivity index (χ3v) is 4.54. The molecule has 1 fully saturated rings. The van der Waals surface area contributed by atoms with Gasteiger partial charge in [0.25, 0.3) is 0 Å².